The molecule has 0 saturated heterocycles. The quantitative estimate of drug-likeness (QED) is 0.207. The number of nitrogens with zero attached hydrogens (tertiary/aromatic N) is 3. The van der Waals surface area contributed by atoms with E-state index >= 15 is 0 Å². The number of aliphatic hydroxyl groups excluding tert-OH is 1. The molecule has 0 atom stereocenters. The Bertz CT molecular complexity index is 1960. The van der Waals surface area contributed by atoms with Gasteiger partial charge >= 0.3 is 0 Å². The van der Waals surface area contributed by atoms with Gasteiger partial charge in [0.1, 0.15) is 11.3 Å². The summed E-state index contributed by atoms with van der Waals surface area (Å²) in [6.07, 6.45) is 1.43. The second-order valence-electron chi connectivity index (χ2n) is 7.73. The van der Waals surface area contributed by atoms with E-state index in [0.717, 1.165) is 21.0 Å². The summed E-state index contributed by atoms with van der Waals surface area (Å²) in [7, 11) is 0. The molecule has 0 unspecified atom stereocenters. The third-order valence-corrected chi connectivity index (χ3v) is 6.57. The lowest BCUT2D eigenvalue weighted by Crippen LogP contribution is -2.24. The number of aromatic amines is 2. The normalized spacial score (nSPS) is 11.2. The fourth-order valence-corrected chi connectivity index (χ4v) is 4.82. The van der Waals surface area contributed by atoms with Crippen LogP contribution in [0.2, 0.25) is 0 Å². The first-order valence-electron chi connectivity index (χ1n) is 10.8. The van der Waals surface area contributed by atoms with Gasteiger partial charge in [-0.3, -0.25) is 23.9 Å². The number of aliphatic hydroxyl groups is 1. The molecule has 0 saturated carbocycles. The second-order valence-corrected chi connectivity index (χ2v) is 8.78. The summed E-state index contributed by atoms with van der Waals surface area (Å²) in [5.74, 6) is 0.0291. The topological polar surface area (TPSA) is 169 Å². The molecule has 11 nitrogen and oxygen atoms in total. The highest BCUT2D eigenvalue weighted by Gasteiger charge is 2.10. The highest BCUT2D eigenvalue weighted by atomic mass is 32.1. The summed E-state index contributed by atoms with van der Waals surface area (Å²) < 4.78 is 8.09. The van der Waals surface area contributed by atoms with E-state index in [0.29, 0.717) is 15.6 Å². The maximum atomic E-state index is 12.3. The summed E-state index contributed by atoms with van der Waals surface area (Å²) in [6, 6.07) is 15.0. The maximum absolute atomic E-state index is 12.3. The number of para-hydroxylation sites is 1. The van der Waals surface area contributed by atoms with Gasteiger partial charge in [0.2, 0.25) is 16.8 Å². The van der Waals surface area contributed by atoms with E-state index in [4.69, 9.17) is 15.6 Å². The van der Waals surface area contributed by atoms with Crippen LogP contribution in [0.5, 0.6) is 0 Å². The Hall–Kier alpha value is -4.39. The fraction of sp³-hybridized carbons (Fsp3) is 0.125. The maximum Gasteiger partial charge on any atom is 0.280 e. The van der Waals surface area contributed by atoms with Crippen LogP contribution >= 0.6 is 11.3 Å². The van der Waals surface area contributed by atoms with Crippen molar-refractivity contribution in [2.24, 2.45) is 0 Å². The summed E-state index contributed by atoms with van der Waals surface area (Å²) in [5.41, 5.74) is 5.72. The minimum Gasteiger partial charge on any atom is -0.394 e. The number of nitrogens with one attached hydrogen (secondary N) is 2. The number of hydrogen-bond acceptors (Lipinski definition) is 9. The van der Waals surface area contributed by atoms with Crippen LogP contribution < -0.4 is 22.2 Å². The first-order valence-corrected chi connectivity index (χ1v) is 11.7. The van der Waals surface area contributed by atoms with Crippen molar-refractivity contribution in [3.05, 3.63) is 95.5 Å². The van der Waals surface area contributed by atoms with Gasteiger partial charge in [-0.2, -0.15) is 4.98 Å². The van der Waals surface area contributed by atoms with Crippen LogP contribution in [-0.2, 0) is 11.5 Å². The number of nitrogens with two attached hydrogens (primary N) is 1. The van der Waals surface area contributed by atoms with E-state index in [2.05, 4.69) is 19.9 Å². The number of imidazole rings is 1. The number of aromatic nitrogens is 5. The minimum atomic E-state index is -0.425. The molecule has 182 valence electrons. The summed E-state index contributed by atoms with van der Waals surface area (Å²) in [6.45, 7) is 0.300. The highest BCUT2D eigenvalue weighted by Crippen LogP contribution is 2.19. The molecule has 1 aliphatic carbocycles. The molecule has 12 heteroatoms. The zero-order chi connectivity index (χ0) is 25.2. The average molecular weight is 505 g/mol. The molecule has 0 fully saturated rings. The monoisotopic (exact) mass is 504 g/mol. The Balaban J connectivity index is 0.000000152. The Labute approximate surface area is 205 Å². The van der Waals surface area contributed by atoms with Crippen molar-refractivity contribution < 1.29 is 9.84 Å². The van der Waals surface area contributed by atoms with Crippen LogP contribution in [0.3, 0.4) is 0 Å². The number of anilines is 1. The van der Waals surface area contributed by atoms with Gasteiger partial charge in [0.05, 0.1) is 35.1 Å². The van der Waals surface area contributed by atoms with Gasteiger partial charge in [-0.1, -0.05) is 36.4 Å². The first-order chi connectivity index (χ1) is 17.5. The third kappa shape index (κ3) is 4.24. The van der Waals surface area contributed by atoms with Crippen molar-refractivity contribution in [1.29, 1.82) is 0 Å². The van der Waals surface area contributed by atoms with Crippen LogP contribution in [-0.4, -0.2) is 42.8 Å². The Morgan fingerprint density at radius 1 is 1.00 bits per heavy atom. The smallest absolute Gasteiger partial charge is 0.280 e. The van der Waals surface area contributed by atoms with Crippen molar-refractivity contribution in [2.75, 3.05) is 18.9 Å². The summed E-state index contributed by atoms with van der Waals surface area (Å²) >= 11 is 1.36. The van der Waals surface area contributed by atoms with E-state index in [9.17, 15) is 14.4 Å². The summed E-state index contributed by atoms with van der Waals surface area (Å²) in [5, 5.41) is 10.6. The first kappa shape index (κ1) is 23.4. The van der Waals surface area contributed by atoms with Crippen molar-refractivity contribution in [2.45, 2.75) is 6.73 Å². The van der Waals surface area contributed by atoms with E-state index in [1.807, 2.05) is 36.4 Å². The molecule has 6 rings (SSSR count). The molecule has 3 heterocycles. The van der Waals surface area contributed by atoms with Crippen molar-refractivity contribution >= 4 is 49.4 Å². The lowest BCUT2D eigenvalue weighted by molar-refractivity contribution is 0.0499. The van der Waals surface area contributed by atoms with E-state index in [1.54, 1.807) is 12.1 Å². The SMILES string of the molecule is Nc1nc2c(ncn2COCCO)c(=O)[nH]1.O=c1c2sc3ccccc3[nH]c=2c2ccccc2c1=O. The van der Waals surface area contributed by atoms with Crippen LogP contribution in [0, 0.1) is 9.88 Å². The Morgan fingerprint density at radius 2 is 1.75 bits per heavy atom. The predicted molar refractivity (Wildman–Crippen MR) is 137 cm³/mol. The lowest BCUT2D eigenvalue weighted by Gasteiger charge is -2.03. The van der Waals surface area contributed by atoms with Crippen LogP contribution in [0.25, 0.3) is 32.2 Å². The van der Waals surface area contributed by atoms with Crippen LogP contribution in [0.15, 0.2) is 69.2 Å². The molecule has 0 spiro atoms. The van der Waals surface area contributed by atoms with Gasteiger partial charge in [0.15, 0.2) is 11.2 Å². The van der Waals surface area contributed by atoms with Gasteiger partial charge < -0.3 is 20.6 Å². The number of fused-ring (bicyclic) bond motifs is 4. The standard InChI is InChI=1S/C16H9NO2S.C8H11N5O3/c18-14-10-6-2-1-5-9(10)13-16(15(14)19)20-12-8-4-3-7-11(12)17-13;9-8-11-6-5(7(15)12-8)10-3-13(6)4-16-2-1-14/h1-8,17H;3,14H,1-2,4H2,(H3,9,11,12,15). The van der Waals surface area contributed by atoms with Crippen LogP contribution in [0.1, 0.15) is 0 Å². The molecule has 1 aliphatic heterocycles. The highest BCUT2D eigenvalue weighted by molar-refractivity contribution is 7.16. The predicted octanol–water partition coefficient (Wildman–Crippen LogP) is 1.50. The van der Waals surface area contributed by atoms with Gasteiger partial charge in [-0.25, -0.2) is 4.98 Å². The largest absolute Gasteiger partial charge is 0.394 e. The number of nitrogen functional groups attached to an aromatic ring is 1. The molecule has 2 aromatic carbocycles. The van der Waals surface area contributed by atoms with Gasteiger partial charge in [-0.05, 0) is 12.1 Å². The molecule has 2 aliphatic rings. The van der Waals surface area contributed by atoms with Gasteiger partial charge in [-0.15, -0.1) is 11.3 Å². The number of benzene rings is 2. The van der Waals surface area contributed by atoms with E-state index in [1.165, 1.54) is 22.2 Å². The zero-order valence-corrected chi connectivity index (χ0v) is 19.5. The zero-order valence-electron chi connectivity index (χ0n) is 18.7. The number of hydrogen-bond donors (Lipinski definition) is 4. The molecular formula is C24H20N6O5S. The average Bonchev–Trinajstić information content (AvgIpc) is 3.30. The minimum absolute atomic E-state index is 0.0291. The van der Waals surface area contributed by atoms with E-state index < -0.39 is 10.9 Å². The van der Waals surface area contributed by atoms with E-state index in [-0.39, 0.29) is 37.0 Å². The lowest BCUT2D eigenvalue weighted by atomic mass is 10.1. The molecule has 5 N–H and O–H groups in total. The molecule has 2 aromatic heterocycles. The van der Waals surface area contributed by atoms with Crippen molar-refractivity contribution in [3.63, 3.8) is 0 Å². The Morgan fingerprint density at radius 3 is 2.56 bits per heavy atom. The Kier molecular flexibility index (Phi) is 6.29. The number of H-pyrrole nitrogens is 2. The molecule has 0 bridgehead atoms. The number of ether oxygens (including phenoxy) is 1. The van der Waals surface area contributed by atoms with Crippen molar-refractivity contribution in [1.82, 2.24) is 24.5 Å². The van der Waals surface area contributed by atoms with Crippen LogP contribution in [0.4, 0.5) is 5.95 Å². The second kappa shape index (κ2) is 9.70. The molecule has 4 aromatic rings. The van der Waals surface area contributed by atoms with Gasteiger partial charge in [0.25, 0.3) is 5.56 Å². The van der Waals surface area contributed by atoms with Gasteiger partial charge in [0, 0.05) is 10.8 Å². The van der Waals surface area contributed by atoms with Crippen molar-refractivity contribution in [3.8, 4) is 0 Å². The summed E-state index contributed by atoms with van der Waals surface area (Å²) in [4.78, 5) is 49.3. The molecule has 0 radical (unpaired) electrons. The third-order valence-electron chi connectivity index (χ3n) is 5.40. The number of rotatable bonds is 4. The molecule has 0 amide bonds. The molecule has 36 heavy (non-hydrogen) atoms. The fourth-order valence-electron chi connectivity index (χ4n) is 3.78. The molecular weight excluding hydrogens is 484 g/mol.